The molecule has 1 aliphatic rings. The van der Waals surface area contributed by atoms with Gasteiger partial charge in [-0.3, -0.25) is 4.79 Å². The Bertz CT molecular complexity index is 490. The molecule has 1 saturated carbocycles. The minimum atomic E-state index is -0.389. The van der Waals surface area contributed by atoms with Crippen LogP contribution >= 0.6 is 0 Å². The van der Waals surface area contributed by atoms with Crippen LogP contribution in [0.15, 0.2) is 18.2 Å². The molecule has 0 N–H and O–H groups in total. The predicted octanol–water partition coefficient (Wildman–Crippen LogP) is 3.89. The van der Waals surface area contributed by atoms with Crippen molar-refractivity contribution in [1.82, 2.24) is 0 Å². The second-order valence-electron chi connectivity index (χ2n) is 6.71. The zero-order valence-corrected chi connectivity index (χ0v) is 12.7. The van der Waals surface area contributed by atoms with Crippen molar-refractivity contribution in [3.8, 4) is 0 Å². The maximum atomic E-state index is 12.2. The van der Waals surface area contributed by atoms with Gasteiger partial charge in [-0.1, -0.05) is 45.4 Å². The van der Waals surface area contributed by atoms with E-state index in [0.717, 1.165) is 24.8 Å². The summed E-state index contributed by atoms with van der Waals surface area (Å²) in [6.07, 6.45) is 2.93. The molecular formula is C17H24O2. The van der Waals surface area contributed by atoms with Crippen LogP contribution < -0.4 is 0 Å². The number of rotatable bonds is 2. The number of ether oxygens (including phenoxy) is 1. The molecule has 104 valence electrons. The average Bonchev–Trinajstić information content (AvgIpc) is 2.28. The van der Waals surface area contributed by atoms with Crippen LogP contribution in [-0.4, -0.2) is 13.1 Å². The largest absolute Gasteiger partial charge is 0.468 e. The Morgan fingerprint density at radius 3 is 2.32 bits per heavy atom. The van der Waals surface area contributed by atoms with Crippen LogP contribution in [0.4, 0.5) is 0 Å². The van der Waals surface area contributed by atoms with Crippen LogP contribution in [0.3, 0.4) is 0 Å². The number of esters is 1. The smallest absolute Gasteiger partial charge is 0.316 e. The van der Waals surface area contributed by atoms with Crippen LogP contribution in [-0.2, 0) is 20.4 Å². The van der Waals surface area contributed by atoms with Gasteiger partial charge in [-0.15, -0.1) is 0 Å². The Balaban J connectivity index is 2.52. The first kappa shape index (κ1) is 14.1. The minimum Gasteiger partial charge on any atom is -0.468 e. The third-order valence-corrected chi connectivity index (χ3v) is 4.40. The molecule has 0 unspecified atom stereocenters. The fourth-order valence-electron chi connectivity index (χ4n) is 2.91. The van der Waals surface area contributed by atoms with E-state index >= 15 is 0 Å². The number of aryl methyl sites for hydroxylation is 1. The first-order valence-electron chi connectivity index (χ1n) is 7.01. The van der Waals surface area contributed by atoms with E-state index in [1.54, 1.807) is 0 Å². The highest BCUT2D eigenvalue weighted by Crippen LogP contribution is 2.46. The van der Waals surface area contributed by atoms with Crippen molar-refractivity contribution in [2.24, 2.45) is 0 Å². The maximum absolute atomic E-state index is 12.2. The first-order valence-corrected chi connectivity index (χ1v) is 7.01. The lowest BCUT2D eigenvalue weighted by atomic mass is 9.62. The summed E-state index contributed by atoms with van der Waals surface area (Å²) in [5, 5.41) is 0. The molecular weight excluding hydrogens is 236 g/mol. The van der Waals surface area contributed by atoms with Gasteiger partial charge >= 0.3 is 5.97 Å². The van der Waals surface area contributed by atoms with Gasteiger partial charge < -0.3 is 4.74 Å². The lowest BCUT2D eigenvalue weighted by molar-refractivity contribution is -0.151. The van der Waals surface area contributed by atoms with Crippen LogP contribution in [0, 0.1) is 6.92 Å². The average molecular weight is 260 g/mol. The molecule has 1 aromatic carbocycles. The third kappa shape index (κ3) is 2.29. The summed E-state index contributed by atoms with van der Waals surface area (Å²) in [6, 6.07) is 6.52. The van der Waals surface area contributed by atoms with Gasteiger partial charge in [-0.25, -0.2) is 0 Å². The number of hydrogen-bond acceptors (Lipinski definition) is 2. The SMILES string of the molecule is COC(=O)C1(c2cc(C(C)(C)C)ccc2C)CCC1. The van der Waals surface area contributed by atoms with Crippen molar-refractivity contribution in [3.05, 3.63) is 34.9 Å². The number of methoxy groups -OCH3 is 1. The highest BCUT2D eigenvalue weighted by atomic mass is 16.5. The molecule has 2 rings (SSSR count). The summed E-state index contributed by atoms with van der Waals surface area (Å²) in [5.41, 5.74) is 3.35. The Kier molecular flexibility index (Phi) is 3.46. The van der Waals surface area contributed by atoms with Crippen LogP contribution in [0.5, 0.6) is 0 Å². The monoisotopic (exact) mass is 260 g/mol. The molecule has 0 bridgehead atoms. The van der Waals surface area contributed by atoms with E-state index in [-0.39, 0.29) is 16.8 Å². The normalized spacial score (nSPS) is 17.7. The molecule has 0 heterocycles. The van der Waals surface area contributed by atoms with Gasteiger partial charge in [-0.2, -0.15) is 0 Å². The summed E-state index contributed by atoms with van der Waals surface area (Å²) in [6.45, 7) is 8.69. The first-order chi connectivity index (χ1) is 8.81. The van der Waals surface area contributed by atoms with Crippen molar-refractivity contribution >= 4 is 5.97 Å². The van der Waals surface area contributed by atoms with Crippen LogP contribution in [0.1, 0.15) is 56.7 Å². The van der Waals surface area contributed by atoms with E-state index < -0.39 is 0 Å². The lowest BCUT2D eigenvalue weighted by Gasteiger charge is -2.41. The highest BCUT2D eigenvalue weighted by molar-refractivity contribution is 5.85. The molecule has 0 amide bonds. The number of benzene rings is 1. The molecule has 0 aromatic heterocycles. The highest BCUT2D eigenvalue weighted by Gasteiger charge is 2.47. The Morgan fingerprint density at radius 2 is 1.89 bits per heavy atom. The van der Waals surface area contributed by atoms with Crippen molar-refractivity contribution in [2.75, 3.05) is 7.11 Å². The van der Waals surface area contributed by atoms with Crippen molar-refractivity contribution in [1.29, 1.82) is 0 Å². The molecule has 1 aliphatic carbocycles. The fraction of sp³-hybridized carbons (Fsp3) is 0.588. The van der Waals surface area contributed by atoms with Crippen molar-refractivity contribution in [2.45, 2.75) is 57.8 Å². The molecule has 2 nitrogen and oxygen atoms in total. The Hall–Kier alpha value is -1.31. The summed E-state index contributed by atoms with van der Waals surface area (Å²) < 4.78 is 5.05. The summed E-state index contributed by atoms with van der Waals surface area (Å²) in [4.78, 5) is 12.2. The van der Waals surface area contributed by atoms with Gasteiger partial charge in [0, 0.05) is 0 Å². The molecule has 19 heavy (non-hydrogen) atoms. The molecule has 2 heteroatoms. The van der Waals surface area contributed by atoms with E-state index in [4.69, 9.17) is 4.74 Å². The van der Waals surface area contributed by atoms with E-state index in [1.807, 2.05) is 0 Å². The van der Waals surface area contributed by atoms with Crippen molar-refractivity contribution in [3.63, 3.8) is 0 Å². The maximum Gasteiger partial charge on any atom is 0.316 e. The predicted molar refractivity (Wildman–Crippen MR) is 77.4 cm³/mol. The van der Waals surface area contributed by atoms with E-state index in [9.17, 15) is 4.79 Å². The number of carbonyl (C=O) groups is 1. The van der Waals surface area contributed by atoms with Gasteiger partial charge in [-0.05, 0) is 41.9 Å². The molecule has 0 radical (unpaired) electrons. The zero-order valence-electron chi connectivity index (χ0n) is 12.7. The molecule has 0 atom stereocenters. The van der Waals surface area contributed by atoms with Gasteiger partial charge in [0.1, 0.15) is 0 Å². The van der Waals surface area contributed by atoms with E-state index in [1.165, 1.54) is 18.2 Å². The molecule has 0 spiro atoms. The molecule has 1 aromatic rings. The Labute approximate surface area is 116 Å². The van der Waals surface area contributed by atoms with Crippen LogP contribution in [0.25, 0.3) is 0 Å². The van der Waals surface area contributed by atoms with Gasteiger partial charge in [0.15, 0.2) is 0 Å². The molecule has 1 fully saturated rings. The fourth-order valence-corrected chi connectivity index (χ4v) is 2.91. The molecule has 0 aliphatic heterocycles. The molecule has 0 saturated heterocycles. The van der Waals surface area contributed by atoms with Gasteiger partial charge in [0.2, 0.25) is 0 Å². The quantitative estimate of drug-likeness (QED) is 0.754. The topological polar surface area (TPSA) is 26.3 Å². The number of carbonyl (C=O) groups excluding carboxylic acids is 1. The second-order valence-corrected chi connectivity index (χ2v) is 6.71. The minimum absolute atomic E-state index is 0.0760. The third-order valence-electron chi connectivity index (χ3n) is 4.40. The summed E-state index contributed by atoms with van der Waals surface area (Å²) in [7, 11) is 1.49. The van der Waals surface area contributed by atoms with Gasteiger partial charge in [0.05, 0.1) is 12.5 Å². The number of hydrogen-bond donors (Lipinski definition) is 0. The van der Waals surface area contributed by atoms with E-state index in [2.05, 4.69) is 45.9 Å². The zero-order chi connectivity index (χ0) is 14.3. The lowest BCUT2D eigenvalue weighted by Crippen LogP contribution is -2.44. The standard InChI is InChI=1S/C17H24O2/c1-12-7-8-13(16(2,3)4)11-14(12)17(9-6-10-17)15(18)19-5/h7-8,11H,6,9-10H2,1-5H3. The van der Waals surface area contributed by atoms with Gasteiger partial charge in [0.25, 0.3) is 0 Å². The van der Waals surface area contributed by atoms with Crippen LogP contribution in [0.2, 0.25) is 0 Å². The Morgan fingerprint density at radius 1 is 1.26 bits per heavy atom. The van der Waals surface area contributed by atoms with Crippen molar-refractivity contribution < 1.29 is 9.53 Å². The van der Waals surface area contributed by atoms with E-state index in [0.29, 0.717) is 0 Å². The second kappa shape index (κ2) is 4.66. The summed E-state index contributed by atoms with van der Waals surface area (Å²) in [5.74, 6) is -0.0760. The summed E-state index contributed by atoms with van der Waals surface area (Å²) >= 11 is 0.